The lowest BCUT2D eigenvalue weighted by molar-refractivity contribution is 0.0274. The maximum absolute atomic E-state index is 11.7. The van der Waals surface area contributed by atoms with Crippen LogP contribution in [0.15, 0.2) is 24.3 Å². The second-order valence-corrected chi connectivity index (χ2v) is 5.12. The summed E-state index contributed by atoms with van der Waals surface area (Å²) in [5.41, 5.74) is 0.572. The predicted octanol–water partition coefficient (Wildman–Crippen LogP) is 1.85. The van der Waals surface area contributed by atoms with Crippen molar-refractivity contribution in [3.05, 3.63) is 24.3 Å². The van der Waals surface area contributed by atoms with Gasteiger partial charge in [-0.2, -0.15) is 0 Å². The number of rotatable bonds is 8. The van der Waals surface area contributed by atoms with Gasteiger partial charge in [0.05, 0.1) is 25.5 Å². The number of carbonyl (C=O) groups is 1. The molecule has 0 heterocycles. The quantitative estimate of drug-likeness (QED) is 0.684. The molecular weight excluding hydrogens is 272 g/mol. The van der Waals surface area contributed by atoms with Crippen molar-refractivity contribution >= 4 is 11.7 Å². The molecule has 6 heteroatoms. The minimum absolute atomic E-state index is 0.124. The first kappa shape index (κ1) is 17.3. The Balaban J connectivity index is 2.30. The molecule has 0 fully saturated rings. The summed E-state index contributed by atoms with van der Waals surface area (Å²) in [5.74, 6) is 0.993. The number of ether oxygens (including phenoxy) is 2. The van der Waals surface area contributed by atoms with Crippen molar-refractivity contribution in [2.24, 2.45) is 5.92 Å². The van der Waals surface area contributed by atoms with Crippen LogP contribution in [0.2, 0.25) is 0 Å². The predicted molar refractivity (Wildman–Crippen MR) is 81.7 cm³/mol. The van der Waals surface area contributed by atoms with E-state index in [9.17, 15) is 9.90 Å². The third kappa shape index (κ3) is 6.97. The minimum Gasteiger partial charge on any atom is -0.495 e. The van der Waals surface area contributed by atoms with E-state index in [0.717, 1.165) is 0 Å². The highest BCUT2D eigenvalue weighted by atomic mass is 16.5. The van der Waals surface area contributed by atoms with Gasteiger partial charge >= 0.3 is 6.03 Å². The zero-order chi connectivity index (χ0) is 15.7. The second kappa shape index (κ2) is 9.20. The Bertz CT molecular complexity index is 437. The molecule has 6 nitrogen and oxygen atoms in total. The number of nitrogens with one attached hydrogen (secondary N) is 2. The molecule has 0 saturated heterocycles. The molecule has 1 atom stereocenters. The fourth-order valence-corrected chi connectivity index (χ4v) is 1.62. The molecule has 3 N–H and O–H groups in total. The largest absolute Gasteiger partial charge is 0.495 e. The van der Waals surface area contributed by atoms with Crippen molar-refractivity contribution in [2.75, 3.05) is 32.2 Å². The molecule has 1 aromatic carbocycles. The van der Waals surface area contributed by atoms with E-state index in [4.69, 9.17) is 9.47 Å². The van der Waals surface area contributed by atoms with E-state index in [2.05, 4.69) is 10.6 Å². The molecule has 0 aliphatic carbocycles. The summed E-state index contributed by atoms with van der Waals surface area (Å²) < 4.78 is 10.4. The highest BCUT2D eigenvalue weighted by Crippen LogP contribution is 2.22. The van der Waals surface area contributed by atoms with Crippen LogP contribution in [0.4, 0.5) is 10.5 Å². The Morgan fingerprint density at radius 1 is 1.29 bits per heavy atom. The van der Waals surface area contributed by atoms with Crippen LogP contribution in [0.25, 0.3) is 0 Å². The van der Waals surface area contributed by atoms with Gasteiger partial charge in [0.1, 0.15) is 5.75 Å². The van der Waals surface area contributed by atoms with E-state index in [1.807, 2.05) is 19.9 Å². The second-order valence-electron chi connectivity index (χ2n) is 5.12. The molecule has 2 amide bonds. The number of anilines is 1. The van der Waals surface area contributed by atoms with E-state index >= 15 is 0 Å². The lowest BCUT2D eigenvalue weighted by Gasteiger charge is -2.14. The third-order valence-corrected chi connectivity index (χ3v) is 2.61. The van der Waals surface area contributed by atoms with Crippen molar-refractivity contribution < 1.29 is 19.4 Å². The van der Waals surface area contributed by atoms with Gasteiger partial charge in [-0.05, 0) is 18.1 Å². The van der Waals surface area contributed by atoms with E-state index in [1.54, 1.807) is 18.2 Å². The number of aliphatic hydroxyl groups excluding tert-OH is 1. The molecule has 0 aliphatic heterocycles. The van der Waals surface area contributed by atoms with Crippen molar-refractivity contribution in [1.82, 2.24) is 5.32 Å². The summed E-state index contributed by atoms with van der Waals surface area (Å²) in [7, 11) is 1.54. The van der Waals surface area contributed by atoms with Crippen LogP contribution in [0, 0.1) is 5.92 Å². The van der Waals surface area contributed by atoms with Gasteiger partial charge in [0.2, 0.25) is 0 Å². The normalized spacial score (nSPS) is 12.0. The average molecular weight is 296 g/mol. The van der Waals surface area contributed by atoms with E-state index < -0.39 is 12.1 Å². The lowest BCUT2D eigenvalue weighted by Crippen LogP contribution is -2.37. The van der Waals surface area contributed by atoms with Crippen molar-refractivity contribution in [3.63, 3.8) is 0 Å². The fourth-order valence-electron chi connectivity index (χ4n) is 1.62. The molecule has 21 heavy (non-hydrogen) atoms. The van der Waals surface area contributed by atoms with Gasteiger partial charge in [-0.25, -0.2) is 4.79 Å². The molecule has 0 unspecified atom stereocenters. The molecule has 1 rings (SSSR count). The van der Waals surface area contributed by atoms with Gasteiger partial charge in [0.15, 0.2) is 0 Å². The lowest BCUT2D eigenvalue weighted by atomic mass is 10.2. The number of hydrogen-bond donors (Lipinski definition) is 3. The first-order valence-corrected chi connectivity index (χ1v) is 6.96. The smallest absolute Gasteiger partial charge is 0.319 e. The number of amides is 2. The molecule has 0 saturated carbocycles. The van der Waals surface area contributed by atoms with E-state index in [0.29, 0.717) is 24.0 Å². The Labute approximate surface area is 125 Å². The molecular formula is C15H24N2O4. The Hall–Kier alpha value is -1.79. The van der Waals surface area contributed by atoms with Gasteiger partial charge in [-0.15, -0.1) is 0 Å². The number of carbonyl (C=O) groups excluding carboxylic acids is 1. The molecule has 1 aromatic rings. The molecule has 0 radical (unpaired) electrons. The number of urea groups is 1. The summed E-state index contributed by atoms with van der Waals surface area (Å²) >= 11 is 0. The molecule has 0 bridgehead atoms. The first-order valence-electron chi connectivity index (χ1n) is 6.96. The maximum Gasteiger partial charge on any atom is 0.319 e. The summed E-state index contributed by atoms with van der Waals surface area (Å²) in [5, 5.41) is 14.9. The zero-order valence-corrected chi connectivity index (χ0v) is 12.8. The summed E-state index contributed by atoms with van der Waals surface area (Å²) in [6.45, 7) is 4.98. The topological polar surface area (TPSA) is 79.8 Å². The fraction of sp³-hybridized carbons (Fsp3) is 0.533. The minimum atomic E-state index is -0.729. The maximum atomic E-state index is 11.7. The van der Waals surface area contributed by atoms with Gasteiger partial charge < -0.3 is 25.2 Å². The summed E-state index contributed by atoms with van der Waals surface area (Å²) in [6.07, 6.45) is -0.729. The van der Waals surface area contributed by atoms with Crippen LogP contribution in [0.1, 0.15) is 13.8 Å². The molecule has 0 aliphatic rings. The third-order valence-electron chi connectivity index (χ3n) is 2.61. The van der Waals surface area contributed by atoms with Crippen LogP contribution in [-0.2, 0) is 4.74 Å². The monoisotopic (exact) mass is 296 g/mol. The van der Waals surface area contributed by atoms with Crippen molar-refractivity contribution in [1.29, 1.82) is 0 Å². The SMILES string of the molecule is COc1ccccc1NC(=O)NC[C@@H](O)COCC(C)C. The summed E-state index contributed by atoms with van der Waals surface area (Å²) in [4.78, 5) is 11.7. The highest BCUT2D eigenvalue weighted by molar-refractivity contribution is 5.90. The molecule has 0 aromatic heterocycles. The van der Waals surface area contributed by atoms with E-state index in [-0.39, 0.29) is 13.2 Å². The summed E-state index contributed by atoms with van der Waals surface area (Å²) in [6, 6.07) is 6.71. The standard InChI is InChI=1S/C15H24N2O4/c1-11(2)9-21-10-12(18)8-16-15(19)17-13-6-4-5-7-14(13)20-3/h4-7,11-12,18H,8-10H2,1-3H3,(H2,16,17,19)/t12-/m1/s1. The van der Waals surface area contributed by atoms with Gasteiger partial charge in [0, 0.05) is 13.2 Å². The van der Waals surface area contributed by atoms with Crippen molar-refractivity contribution in [3.8, 4) is 5.75 Å². The molecule has 118 valence electrons. The zero-order valence-electron chi connectivity index (χ0n) is 12.8. The molecule has 0 spiro atoms. The van der Waals surface area contributed by atoms with Crippen LogP contribution in [0.3, 0.4) is 0 Å². The van der Waals surface area contributed by atoms with Crippen molar-refractivity contribution in [2.45, 2.75) is 20.0 Å². The Morgan fingerprint density at radius 2 is 2.00 bits per heavy atom. The van der Waals surface area contributed by atoms with Crippen LogP contribution >= 0.6 is 0 Å². The highest BCUT2D eigenvalue weighted by Gasteiger charge is 2.09. The average Bonchev–Trinajstić information content (AvgIpc) is 2.45. The van der Waals surface area contributed by atoms with Gasteiger partial charge in [-0.3, -0.25) is 0 Å². The number of para-hydroxylation sites is 2. The van der Waals surface area contributed by atoms with Crippen LogP contribution in [-0.4, -0.2) is 44.1 Å². The van der Waals surface area contributed by atoms with Crippen LogP contribution in [0.5, 0.6) is 5.75 Å². The number of aliphatic hydroxyl groups is 1. The number of hydrogen-bond acceptors (Lipinski definition) is 4. The van der Waals surface area contributed by atoms with Gasteiger partial charge in [0.25, 0.3) is 0 Å². The number of benzene rings is 1. The Morgan fingerprint density at radius 3 is 2.67 bits per heavy atom. The Kier molecular flexibility index (Phi) is 7.56. The van der Waals surface area contributed by atoms with E-state index in [1.165, 1.54) is 7.11 Å². The van der Waals surface area contributed by atoms with Crippen LogP contribution < -0.4 is 15.4 Å². The number of methoxy groups -OCH3 is 1. The van der Waals surface area contributed by atoms with Gasteiger partial charge in [-0.1, -0.05) is 26.0 Å². The first-order chi connectivity index (χ1) is 10.0.